The van der Waals surface area contributed by atoms with Gasteiger partial charge >= 0.3 is 7.12 Å². The van der Waals surface area contributed by atoms with Crippen LogP contribution in [0.2, 0.25) is 18.1 Å². The van der Waals surface area contributed by atoms with Crippen LogP contribution in [-0.4, -0.2) is 67.2 Å². The van der Waals surface area contributed by atoms with Crippen LogP contribution in [-0.2, 0) is 28.0 Å². The lowest BCUT2D eigenvalue weighted by atomic mass is 9.45. The lowest BCUT2D eigenvalue weighted by Crippen LogP contribution is -2.62. The molecule has 282 valence electrons. The normalized spacial score (nSPS) is 41.9. The quantitative estimate of drug-likeness (QED) is 0.245. The summed E-state index contributed by atoms with van der Waals surface area (Å²) in [5, 5.41) is 13.2. The first-order chi connectivity index (χ1) is 23.9. The number of hydrogen-bond acceptors (Lipinski definition) is 7. The molecule has 0 spiro atoms. The third-order valence-corrected chi connectivity index (χ3v) is 20.3. The van der Waals surface area contributed by atoms with E-state index in [1.165, 1.54) is 0 Å². The van der Waals surface area contributed by atoms with Crippen LogP contribution < -0.4 is 5.46 Å². The number of fused-ring (bicyclic) bond motifs is 6. The molecule has 1 N–H and O–H groups in total. The van der Waals surface area contributed by atoms with Gasteiger partial charge in [0.15, 0.2) is 19.9 Å². The fraction of sp³-hybridized carbons (Fsp3) is 0.786. The predicted molar refractivity (Wildman–Crippen MR) is 204 cm³/mol. The third kappa shape index (κ3) is 6.02. The zero-order valence-corrected chi connectivity index (χ0v) is 34.2. The average Bonchev–Trinajstić information content (AvgIpc) is 3.69. The first-order valence-corrected chi connectivity index (χ1v) is 22.8. The van der Waals surface area contributed by atoms with E-state index in [-0.39, 0.29) is 52.9 Å². The molecule has 1 aromatic rings. The second kappa shape index (κ2) is 12.9. The van der Waals surface area contributed by atoms with Gasteiger partial charge in [-0.15, -0.1) is 0 Å². The number of rotatable bonds is 10. The highest BCUT2D eigenvalue weighted by Gasteiger charge is 2.71. The van der Waals surface area contributed by atoms with E-state index >= 15 is 0 Å². The Kier molecular flexibility index (Phi) is 9.59. The average molecular weight is 721 g/mol. The summed E-state index contributed by atoms with van der Waals surface area (Å²) < 4.78 is 33.9. The molecule has 1 unspecified atom stereocenters. The maximum atomic E-state index is 14.1. The summed E-state index contributed by atoms with van der Waals surface area (Å²) in [5.74, 6) is -0.431. The van der Waals surface area contributed by atoms with Gasteiger partial charge in [-0.2, -0.15) is 0 Å². The monoisotopic (exact) mass is 720 g/mol. The standard InChI is InChI=1S/C42H65BO7Si/c1-11-51(12-2,13-3)50-37(4,5)22-21-36-41(10,49-43(48-36)28-17-15-14-16-18-28)35-20-24-42(45)30-25-32(44)31-26-33-34(47-38(6,7)46-33)27-39(31,8)29(30)19-23-40(35,42)9/h14-18,25,29,31,33-36,45H,11-13,19-24,26-27H2,1-10H3/t29?,31-,33+,34-,35-,36+,39+,40+,41+,42+/m0/s1. The molecule has 2 saturated heterocycles. The molecule has 51 heavy (non-hydrogen) atoms. The van der Waals surface area contributed by atoms with Crippen molar-refractivity contribution in [2.24, 2.45) is 28.6 Å². The van der Waals surface area contributed by atoms with Gasteiger partial charge in [-0.1, -0.05) is 65.0 Å². The Bertz CT molecular complexity index is 1500. The largest absolute Gasteiger partial charge is 0.494 e. The molecule has 0 radical (unpaired) electrons. The highest BCUT2D eigenvalue weighted by atomic mass is 28.4. The summed E-state index contributed by atoms with van der Waals surface area (Å²) in [7, 11) is -2.29. The summed E-state index contributed by atoms with van der Waals surface area (Å²) in [5.41, 5.74) is -0.773. The van der Waals surface area contributed by atoms with E-state index in [9.17, 15) is 9.90 Å². The van der Waals surface area contributed by atoms with Crippen LogP contribution in [0.15, 0.2) is 42.0 Å². The predicted octanol–water partition coefficient (Wildman–Crippen LogP) is 8.14. The smallest absolute Gasteiger partial charge is 0.412 e. The van der Waals surface area contributed by atoms with Gasteiger partial charge in [0.05, 0.1) is 35.1 Å². The Hall–Kier alpha value is -1.33. The van der Waals surface area contributed by atoms with E-state index in [0.29, 0.717) is 12.8 Å². The van der Waals surface area contributed by atoms with Gasteiger partial charge in [-0.3, -0.25) is 4.79 Å². The number of ketones is 1. The van der Waals surface area contributed by atoms with E-state index in [2.05, 4.69) is 67.5 Å². The lowest BCUT2D eigenvalue weighted by Gasteiger charge is -2.60. The van der Waals surface area contributed by atoms with E-state index < -0.39 is 37.8 Å². The summed E-state index contributed by atoms with van der Waals surface area (Å²) in [6.07, 6.45) is 8.01. The van der Waals surface area contributed by atoms with E-state index in [1.807, 2.05) is 38.1 Å². The first-order valence-electron chi connectivity index (χ1n) is 20.3. The fourth-order valence-corrected chi connectivity index (χ4v) is 15.6. The van der Waals surface area contributed by atoms with Crippen molar-refractivity contribution in [1.82, 2.24) is 0 Å². The van der Waals surface area contributed by atoms with Crippen molar-refractivity contribution >= 4 is 26.7 Å². The Morgan fingerprint density at radius 3 is 2.27 bits per heavy atom. The summed E-state index contributed by atoms with van der Waals surface area (Å²) in [6.45, 7) is 22.2. The zero-order valence-electron chi connectivity index (χ0n) is 33.2. The number of aliphatic hydroxyl groups is 1. The van der Waals surface area contributed by atoms with Crippen molar-refractivity contribution < 1.29 is 33.1 Å². The van der Waals surface area contributed by atoms with Crippen molar-refractivity contribution in [1.29, 1.82) is 0 Å². The van der Waals surface area contributed by atoms with Crippen molar-refractivity contribution in [2.75, 3.05) is 0 Å². The first kappa shape index (κ1) is 38.0. The molecule has 2 heterocycles. The minimum absolute atomic E-state index is 0.0284. The molecule has 0 amide bonds. The number of carbonyl (C=O) groups is 1. The van der Waals surface area contributed by atoms with Crippen LogP contribution in [0.3, 0.4) is 0 Å². The summed E-state index contributed by atoms with van der Waals surface area (Å²) in [4.78, 5) is 14.1. The maximum absolute atomic E-state index is 14.1. The van der Waals surface area contributed by atoms with Crippen LogP contribution in [0.1, 0.15) is 121 Å². The molecule has 0 aromatic heterocycles. The minimum Gasteiger partial charge on any atom is -0.412 e. The fourth-order valence-electron chi connectivity index (χ4n) is 12.4. The van der Waals surface area contributed by atoms with Crippen LogP contribution in [0.4, 0.5) is 0 Å². The molecule has 5 fully saturated rings. The zero-order chi connectivity index (χ0) is 36.8. The number of allylic oxidation sites excluding steroid dienone is 1. The van der Waals surface area contributed by atoms with Crippen molar-refractivity contribution in [3.8, 4) is 0 Å². The summed E-state index contributed by atoms with van der Waals surface area (Å²) in [6, 6.07) is 13.7. The lowest BCUT2D eigenvalue weighted by molar-refractivity contribution is -0.153. The molecule has 7 nitrogen and oxygen atoms in total. The Balaban J connectivity index is 1.18. The highest BCUT2D eigenvalue weighted by Crippen LogP contribution is 2.70. The van der Waals surface area contributed by atoms with Crippen molar-refractivity contribution in [3.63, 3.8) is 0 Å². The van der Waals surface area contributed by atoms with Crippen LogP contribution in [0.25, 0.3) is 0 Å². The second-order valence-electron chi connectivity index (χ2n) is 19.0. The van der Waals surface area contributed by atoms with Gasteiger partial charge in [-0.05, 0) is 138 Å². The maximum Gasteiger partial charge on any atom is 0.494 e. The second-order valence-corrected chi connectivity index (χ2v) is 23.7. The van der Waals surface area contributed by atoms with Crippen molar-refractivity contribution in [3.05, 3.63) is 42.0 Å². The van der Waals surface area contributed by atoms with Crippen LogP contribution >= 0.6 is 0 Å². The molecule has 4 aliphatic carbocycles. The van der Waals surface area contributed by atoms with Gasteiger partial charge in [-0.25, -0.2) is 0 Å². The van der Waals surface area contributed by atoms with Gasteiger partial charge in [0.2, 0.25) is 0 Å². The van der Waals surface area contributed by atoms with Crippen LogP contribution in [0, 0.1) is 28.6 Å². The molecule has 7 rings (SSSR count). The van der Waals surface area contributed by atoms with Gasteiger partial charge in [0.25, 0.3) is 0 Å². The molecule has 0 bridgehead atoms. The molecular weight excluding hydrogens is 655 g/mol. The molecule has 2 aliphatic heterocycles. The number of carbonyl (C=O) groups excluding carboxylic acids is 1. The molecule has 9 heteroatoms. The number of ether oxygens (including phenoxy) is 2. The molecule has 1 aromatic carbocycles. The Morgan fingerprint density at radius 2 is 1.61 bits per heavy atom. The van der Waals surface area contributed by atoms with E-state index in [4.69, 9.17) is 23.2 Å². The molecule has 3 saturated carbocycles. The number of benzene rings is 1. The Labute approximate surface area is 309 Å². The molecule has 10 atom stereocenters. The van der Waals surface area contributed by atoms with E-state index in [0.717, 1.165) is 67.7 Å². The van der Waals surface area contributed by atoms with Gasteiger partial charge < -0.3 is 28.3 Å². The topological polar surface area (TPSA) is 83.5 Å². The van der Waals surface area contributed by atoms with Crippen LogP contribution in [0.5, 0.6) is 0 Å². The Morgan fingerprint density at radius 1 is 0.941 bits per heavy atom. The van der Waals surface area contributed by atoms with Gasteiger partial charge in [0.1, 0.15) is 0 Å². The SMILES string of the molecule is CC[Si](CC)(CC)OC(C)(C)CC[C@H]1OB(c2ccccc2)O[C@]1(C)[C@H]1CC[C@@]2(O)C3=CC(=O)[C@@H]4C[C@H]5OC(C)(C)O[C@H]5C[C@]4(C)C3CC[C@]12C. The number of hydrogen-bond donors (Lipinski definition) is 1. The molecular formula is C42H65BO7Si. The van der Waals surface area contributed by atoms with Gasteiger partial charge in [0, 0.05) is 11.3 Å². The van der Waals surface area contributed by atoms with E-state index in [1.54, 1.807) is 0 Å². The third-order valence-electron chi connectivity index (χ3n) is 15.4. The minimum atomic E-state index is -1.81. The summed E-state index contributed by atoms with van der Waals surface area (Å²) >= 11 is 0. The molecule has 6 aliphatic rings. The van der Waals surface area contributed by atoms with Crippen molar-refractivity contribution in [2.45, 2.75) is 180 Å². The highest BCUT2D eigenvalue weighted by molar-refractivity contribution is 6.73.